The average Bonchev–Trinajstić information content (AvgIpc) is 3.83. The second kappa shape index (κ2) is 11.7. The van der Waals surface area contributed by atoms with E-state index in [-0.39, 0.29) is 77.0 Å². The molecule has 4 aromatic heterocycles. The molecule has 0 unspecified atom stereocenters. The van der Waals surface area contributed by atoms with Gasteiger partial charge >= 0.3 is 0 Å². The van der Waals surface area contributed by atoms with E-state index in [0.717, 1.165) is 18.3 Å². The summed E-state index contributed by atoms with van der Waals surface area (Å²) < 4.78 is 3.51. The molecule has 0 aliphatic rings. The van der Waals surface area contributed by atoms with Gasteiger partial charge in [0.05, 0.1) is 65.8 Å². The second-order valence-electron chi connectivity index (χ2n) is 13.3. The lowest BCUT2D eigenvalue weighted by atomic mass is 9.90. The molecule has 10 rings (SSSR count). The Labute approximate surface area is 310 Å². The molecular weight excluding hydrogens is 713 g/mol. The molecule has 0 aliphatic heterocycles. The van der Waals surface area contributed by atoms with Gasteiger partial charge in [0.25, 0.3) is 44.5 Å². The predicted octanol–water partition coefficient (Wildman–Crippen LogP) is 3.76. The van der Waals surface area contributed by atoms with Crippen LogP contribution in [-0.2, 0) is 0 Å². The molecule has 0 saturated carbocycles. The lowest BCUT2D eigenvalue weighted by Gasteiger charge is -2.08. The van der Waals surface area contributed by atoms with E-state index in [9.17, 15) is 38.4 Å². The Morgan fingerprint density at radius 2 is 0.446 bits per heavy atom. The molecular formula is C44H22N4O8. The average molecular weight is 735 g/mol. The highest BCUT2D eigenvalue weighted by molar-refractivity contribution is 6.23. The van der Waals surface area contributed by atoms with Crippen molar-refractivity contribution in [1.82, 2.24) is 18.3 Å². The summed E-state index contributed by atoms with van der Waals surface area (Å²) in [5, 5.41) is -2.59. The lowest BCUT2D eigenvalue weighted by Crippen LogP contribution is -2.24. The van der Waals surface area contributed by atoms with Gasteiger partial charge < -0.3 is 0 Å². The summed E-state index contributed by atoms with van der Waals surface area (Å²) in [6.07, 6.45) is 0. The van der Waals surface area contributed by atoms with Crippen LogP contribution < -0.4 is 44.5 Å². The van der Waals surface area contributed by atoms with Crippen LogP contribution in [-0.4, -0.2) is 18.3 Å². The summed E-state index contributed by atoms with van der Waals surface area (Å²) in [7, 11) is 0. The largest absolute Gasteiger partial charge is 0.268 e. The van der Waals surface area contributed by atoms with E-state index >= 15 is 0 Å². The van der Waals surface area contributed by atoms with Crippen molar-refractivity contribution in [2.24, 2.45) is 0 Å². The van der Waals surface area contributed by atoms with Crippen molar-refractivity contribution in [1.29, 1.82) is 0 Å². The van der Waals surface area contributed by atoms with Gasteiger partial charge in [0, 0.05) is 11.1 Å². The monoisotopic (exact) mass is 734 g/mol. The maximum Gasteiger partial charge on any atom is 0.266 e. The summed E-state index contributed by atoms with van der Waals surface area (Å²) in [5.41, 5.74) is -7.00. The van der Waals surface area contributed by atoms with E-state index in [4.69, 9.17) is 0 Å². The first kappa shape index (κ1) is 32.5. The van der Waals surface area contributed by atoms with Gasteiger partial charge in [-0.3, -0.25) is 38.4 Å². The number of benzene rings is 6. The van der Waals surface area contributed by atoms with E-state index in [2.05, 4.69) is 0 Å². The first-order valence-corrected chi connectivity index (χ1v) is 17.4. The van der Waals surface area contributed by atoms with Gasteiger partial charge in [-0.25, -0.2) is 18.3 Å². The number of hydrogen-bond acceptors (Lipinski definition) is 8. The van der Waals surface area contributed by atoms with Crippen LogP contribution in [0.4, 0.5) is 0 Å². The zero-order chi connectivity index (χ0) is 38.6. The highest BCUT2D eigenvalue weighted by atomic mass is 16.2. The molecule has 56 heavy (non-hydrogen) atoms. The van der Waals surface area contributed by atoms with E-state index in [0.29, 0.717) is 0 Å². The molecule has 0 bridgehead atoms. The molecule has 0 amide bonds. The van der Waals surface area contributed by atoms with Crippen LogP contribution in [0, 0.1) is 0 Å². The third-order valence-corrected chi connectivity index (χ3v) is 10.4. The predicted molar refractivity (Wildman–Crippen MR) is 214 cm³/mol. The smallest absolute Gasteiger partial charge is 0.266 e. The maximum absolute atomic E-state index is 14.8. The highest BCUT2D eigenvalue weighted by Crippen LogP contribution is 2.39. The van der Waals surface area contributed by atoms with Crippen molar-refractivity contribution < 1.29 is 0 Å². The summed E-state index contributed by atoms with van der Waals surface area (Å²) in [6, 6.07) is 34.3. The molecule has 12 heteroatoms. The summed E-state index contributed by atoms with van der Waals surface area (Å²) >= 11 is 0. The minimum absolute atomic E-state index is 0.180. The van der Waals surface area contributed by atoms with E-state index in [1.807, 2.05) is 0 Å². The van der Waals surface area contributed by atoms with Gasteiger partial charge in [0.2, 0.25) is 0 Å². The Hall–Kier alpha value is -8.12. The minimum atomic E-state index is -0.910. The van der Waals surface area contributed by atoms with Gasteiger partial charge in [-0.1, -0.05) is 72.8 Å². The number of nitrogens with zero attached hydrogens (tertiary/aromatic N) is 4. The highest BCUT2D eigenvalue weighted by Gasteiger charge is 2.33. The molecule has 6 aromatic carbocycles. The van der Waals surface area contributed by atoms with Crippen LogP contribution in [0.1, 0.15) is 0 Å². The Kier molecular flexibility index (Phi) is 6.79. The van der Waals surface area contributed by atoms with E-state index in [1.165, 1.54) is 60.7 Å². The van der Waals surface area contributed by atoms with Gasteiger partial charge in [-0.15, -0.1) is 0 Å². The summed E-state index contributed by atoms with van der Waals surface area (Å²) in [4.78, 5) is 116. The summed E-state index contributed by atoms with van der Waals surface area (Å²) in [6.45, 7) is 0. The Morgan fingerprint density at radius 1 is 0.250 bits per heavy atom. The van der Waals surface area contributed by atoms with Crippen molar-refractivity contribution in [3.63, 3.8) is 0 Å². The molecule has 0 atom stereocenters. The van der Waals surface area contributed by atoms with Crippen molar-refractivity contribution >= 4 is 43.1 Å². The number of rotatable bonds is 5. The number of hydrogen-bond donors (Lipinski definition) is 0. The van der Waals surface area contributed by atoms with E-state index in [1.54, 1.807) is 72.8 Å². The fraction of sp³-hybridized carbons (Fsp3) is 0. The summed E-state index contributed by atoms with van der Waals surface area (Å²) in [5.74, 6) is 0. The van der Waals surface area contributed by atoms with Crippen LogP contribution in [0.2, 0.25) is 0 Å². The number of para-hydroxylation sites is 4. The van der Waals surface area contributed by atoms with Crippen LogP contribution in [0.3, 0.4) is 0 Å². The van der Waals surface area contributed by atoms with Crippen molar-refractivity contribution in [3.05, 3.63) is 216 Å². The minimum Gasteiger partial charge on any atom is -0.268 e. The van der Waals surface area contributed by atoms with Gasteiger partial charge in [0.1, 0.15) is 0 Å². The third kappa shape index (κ3) is 4.23. The molecule has 0 aliphatic carbocycles. The molecule has 0 N–H and O–H groups in total. The first-order valence-electron chi connectivity index (χ1n) is 17.4. The van der Waals surface area contributed by atoms with Crippen LogP contribution in [0.15, 0.2) is 172 Å². The number of fused-ring (bicyclic) bond motifs is 4. The Bertz CT molecular complexity index is 3240. The normalized spacial score (nSPS) is 11.8. The second-order valence-corrected chi connectivity index (χ2v) is 13.3. The molecule has 10 aromatic rings. The Balaban J connectivity index is 1.53. The quantitative estimate of drug-likeness (QED) is 0.259. The maximum atomic E-state index is 14.8. The van der Waals surface area contributed by atoms with Crippen molar-refractivity contribution in [2.45, 2.75) is 0 Å². The number of aromatic nitrogens is 4. The van der Waals surface area contributed by atoms with Gasteiger partial charge in [-0.05, 0) is 60.7 Å². The molecule has 0 fully saturated rings. The van der Waals surface area contributed by atoms with Gasteiger partial charge in [0.15, 0.2) is 0 Å². The topological polar surface area (TPSA) is 156 Å². The standard InChI is InChI=1S/C44H22N4O8/c49-37-27-21-28-32(42(54)46(38(28)50)24-15-7-2-8-16-24)35(31(27)41(53)45(37)23-13-5-1-6-14-23)36-33-29(39(51)47(43(33)55)25-17-9-3-10-18-25)22-30-34(36)44(56)48(40(30)52)26-19-11-4-12-20-26/h1-22H. The fourth-order valence-electron chi connectivity index (χ4n) is 7.97. The SMILES string of the molecule is O=c1c2cc3c(=O)n(-c4ccccc4)c(=O)c3c(-c3c4c(=O)n(-c5ccccc5)c(=O)c4cc4c(=O)n(-c5ccccc5)c(=O)c34)c2c(=O)n1-c1ccccc1. The zero-order valence-electron chi connectivity index (χ0n) is 28.8. The molecule has 0 spiro atoms. The molecule has 4 heterocycles. The molecule has 0 saturated heterocycles. The first-order chi connectivity index (χ1) is 27.2. The van der Waals surface area contributed by atoms with E-state index < -0.39 is 44.5 Å². The lowest BCUT2D eigenvalue weighted by molar-refractivity contribution is 0.987. The van der Waals surface area contributed by atoms with Crippen LogP contribution >= 0.6 is 0 Å². The van der Waals surface area contributed by atoms with Crippen molar-refractivity contribution in [3.8, 4) is 33.9 Å². The van der Waals surface area contributed by atoms with Crippen molar-refractivity contribution in [2.75, 3.05) is 0 Å². The zero-order valence-corrected chi connectivity index (χ0v) is 28.8. The van der Waals surface area contributed by atoms with Crippen LogP contribution in [0.5, 0.6) is 0 Å². The van der Waals surface area contributed by atoms with Gasteiger partial charge in [-0.2, -0.15) is 0 Å². The fourth-order valence-corrected chi connectivity index (χ4v) is 7.97. The Morgan fingerprint density at radius 3 is 0.643 bits per heavy atom. The van der Waals surface area contributed by atoms with Crippen LogP contribution in [0.25, 0.3) is 77.0 Å². The molecule has 266 valence electrons. The third-order valence-electron chi connectivity index (χ3n) is 10.4. The molecule has 12 nitrogen and oxygen atoms in total. The molecule has 0 radical (unpaired) electrons.